The number of amides is 3. The van der Waals surface area contributed by atoms with Gasteiger partial charge >= 0.3 is 0 Å². The summed E-state index contributed by atoms with van der Waals surface area (Å²) in [6.45, 7) is 22.1. The average molecular weight is 1890 g/mol. The van der Waals surface area contributed by atoms with Crippen LogP contribution in [-0.2, 0) is 76.3 Å². The number of ether oxygens (including phenoxy) is 7. The van der Waals surface area contributed by atoms with E-state index >= 15 is 0 Å². The van der Waals surface area contributed by atoms with Gasteiger partial charge in [0, 0.05) is 135 Å². The molecule has 0 bridgehead atoms. The number of benzene rings is 8. The number of sulfonamides is 3. The molecular weight excluding hydrogens is 1770 g/mol. The Morgan fingerprint density at radius 2 is 0.716 bits per heavy atom. The summed E-state index contributed by atoms with van der Waals surface area (Å²) in [4.78, 5) is 46.6. The number of rotatable bonds is 18. The van der Waals surface area contributed by atoms with E-state index in [9.17, 15) is 48.4 Å². The first-order chi connectivity index (χ1) is 63.8. The van der Waals surface area contributed by atoms with Crippen LogP contribution in [0.3, 0.4) is 0 Å². The van der Waals surface area contributed by atoms with Crippen molar-refractivity contribution in [3.63, 3.8) is 0 Å². The highest BCUT2D eigenvalue weighted by Gasteiger charge is 2.52. The normalized spacial score (nSPS) is 17.4. The second-order valence-corrected chi connectivity index (χ2v) is 43.2. The quantitative estimate of drug-likeness (QED) is 0.0620. The molecule has 9 heterocycles. The zero-order valence-electron chi connectivity index (χ0n) is 78.1. The molecule has 1 saturated carbocycles. The van der Waals surface area contributed by atoms with E-state index < -0.39 is 64.0 Å². The van der Waals surface area contributed by atoms with Crippen molar-refractivity contribution in [3.05, 3.63) is 270 Å². The summed E-state index contributed by atoms with van der Waals surface area (Å²) in [6.07, 6.45) is 11.3. The Morgan fingerprint density at radius 1 is 0.403 bits per heavy atom. The number of hydrogen-bond donors (Lipinski definition) is 4. The smallest absolute Gasteiger partial charge is 0.240 e. The predicted octanol–water partition coefficient (Wildman–Crippen LogP) is 14.8. The number of para-hydroxylation sites is 3. The first-order valence-electron chi connectivity index (χ1n) is 45.3. The topological polar surface area (TPSA) is 322 Å². The van der Waals surface area contributed by atoms with Crippen molar-refractivity contribution in [2.75, 3.05) is 119 Å². The molecule has 0 unspecified atom stereocenters. The molecule has 5 fully saturated rings. The summed E-state index contributed by atoms with van der Waals surface area (Å²) in [5, 5.41) is 14.7. The van der Waals surface area contributed by atoms with Gasteiger partial charge in [0.15, 0.2) is 5.82 Å². The molecule has 18 rings (SSSR count). The second-order valence-electron chi connectivity index (χ2n) is 38.0. The highest BCUT2D eigenvalue weighted by Crippen LogP contribution is 2.50. The van der Waals surface area contributed by atoms with Crippen molar-refractivity contribution in [1.29, 1.82) is 0 Å². The molecule has 1 aliphatic carbocycles. The number of nitrogens with zero attached hydrogens (tertiary/aromatic N) is 7. The van der Waals surface area contributed by atoms with Crippen molar-refractivity contribution in [2.24, 2.45) is 16.2 Å². The van der Waals surface area contributed by atoms with Gasteiger partial charge in [-0.05, 0) is 215 Å². The van der Waals surface area contributed by atoms with Gasteiger partial charge in [0.2, 0.25) is 47.8 Å². The second kappa shape index (κ2) is 40.5. The minimum atomic E-state index is -3.60. The van der Waals surface area contributed by atoms with Crippen molar-refractivity contribution >= 4 is 70.1 Å². The summed E-state index contributed by atoms with van der Waals surface area (Å²) >= 11 is 0. The number of H-pyrrole nitrogens is 1. The molecule has 32 heteroatoms. The van der Waals surface area contributed by atoms with E-state index in [1.165, 1.54) is 73.9 Å². The van der Waals surface area contributed by atoms with E-state index in [0.717, 1.165) is 225 Å². The monoisotopic (exact) mass is 1890 g/mol. The largest absolute Gasteiger partial charge is 0.497 e. The van der Waals surface area contributed by atoms with Crippen LogP contribution in [0, 0.1) is 27.9 Å². The molecule has 1 aromatic heterocycles. The Bertz CT molecular complexity index is 6410. The minimum Gasteiger partial charge on any atom is -0.497 e. The van der Waals surface area contributed by atoms with Crippen LogP contribution < -0.4 is 47.3 Å². The molecule has 4 N–H and O–H groups in total. The van der Waals surface area contributed by atoms with Crippen molar-refractivity contribution < 1.29 is 81.6 Å². The maximum atomic E-state index is 14.0. The zero-order chi connectivity index (χ0) is 95.2. The Balaban J connectivity index is 0.000000136. The third-order valence-corrected chi connectivity index (χ3v) is 28.0. The van der Waals surface area contributed by atoms with Gasteiger partial charge in [-0.1, -0.05) is 120 Å². The van der Waals surface area contributed by atoms with Crippen molar-refractivity contribution in [3.8, 4) is 40.2 Å². The van der Waals surface area contributed by atoms with Crippen LogP contribution in [0.4, 0.5) is 8.78 Å². The van der Waals surface area contributed by atoms with Gasteiger partial charge in [0.25, 0.3) is 0 Å². The SMILES string of the molecule is CC(C)(CN1CCC(=C2c3ccc(F)cc3COc3ccccc32)CC1)C(=O)NS(C)(=O)=O.COc1ccc2c(c1)COc1cc(F)ccc1C2=C1CCN(CC2(C(=O)NS(C)(=O)=O)CC2)CC1.COc1ccc2c(c1)COc1ccccc1C2=C1CCN(CC(C)(C)C(=O)NS(C)(=O)=O)CC1.COc1ccc2c(c1)COc1ccccc1C2=C1CCN(CC(C)(C)c2nn[nH]n2)CC1. The van der Waals surface area contributed by atoms with Crippen LogP contribution in [0.15, 0.2) is 186 Å². The molecular formula is C102H119F2N11O16S3. The standard InChI is InChI=1S/C26H29FN2O5S.C26H32N2O5S.C25H29FN2O4S.C25H29N5O2/c1-33-20-4-6-21-18(13-20)15-34-23-14-19(27)3-5-22(23)24(21)17-7-11-29(12-8-17)16-26(9-10-26)25(30)28-35(2,31)32;1-26(2,25(29)27-34(4,30)31)17-28-13-11-18(12-14-28)24-21-10-9-20(32-3)15-19(21)16-33-23-8-6-5-7-22(23)24;1-25(2,24(29)27-33(3,30)31)16-28-12-10-17(11-13-28)23-20-9-8-19(26)14-18(20)15-32-22-7-5-4-6-21(22)23;1-25(2,24-26-28-29-27-24)16-30-12-10-17(11-13-30)23-20-9-8-19(31-3)14-18(20)15-32-22-7-5-4-6-21(22)23/h3-6,13-14H,7-12,15-16H2,1-2H3,(H,28,30);5-10,15H,11-14,16-17H2,1-4H3,(H,27,29);4-9,14H,10-13,15-16H2,1-3H3,(H,27,29);4-9,14H,10-13,15-16H2,1-3H3,(H,26,27,28,29). The van der Waals surface area contributed by atoms with Crippen LogP contribution in [0.5, 0.6) is 40.2 Å². The minimum absolute atomic E-state index is 0.149. The van der Waals surface area contributed by atoms with E-state index in [-0.39, 0.29) is 17.0 Å². The zero-order valence-corrected chi connectivity index (χ0v) is 80.6. The molecule has 9 aliphatic rings. The highest BCUT2D eigenvalue weighted by atomic mass is 32.2. The number of carbonyl (C=O) groups excluding carboxylic acids is 3. The van der Waals surface area contributed by atoms with E-state index in [1.54, 1.807) is 61.2 Å². The van der Waals surface area contributed by atoms with E-state index in [4.69, 9.17) is 33.2 Å². The van der Waals surface area contributed by atoms with Gasteiger partial charge in [0.05, 0.1) is 56.3 Å². The van der Waals surface area contributed by atoms with Gasteiger partial charge in [0.1, 0.15) is 78.3 Å². The number of carbonyl (C=O) groups is 3. The van der Waals surface area contributed by atoms with E-state index in [2.05, 4.69) is 117 Å². The Kier molecular flexibility index (Phi) is 29.3. The number of aromatic nitrogens is 4. The molecule has 710 valence electrons. The summed E-state index contributed by atoms with van der Waals surface area (Å²) in [6, 6.07) is 52.4. The lowest BCUT2D eigenvalue weighted by molar-refractivity contribution is -0.129. The van der Waals surface area contributed by atoms with Gasteiger partial charge < -0.3 is 52.8 Å². The molecule has 0 atom stereocenters. The highest BCUT2D eigenvalue weighted by molar-refractivity contribution is 7.89. The van der Waals surface area contributed by atoms with Crippen LogP contribution in [-0.4, -0.2) is 202 Å². The Labute approximate surface area is 784 Å². The summed E-state index contributed by atoms with van der Waals surface area (Å²) in [5.74, 6) is 4.32. The van der Waals surface area contributed by atoms with Crippen LogP contribution >= 0.6 is 0 Å². The van der Waals surface area contributed by atoms with Crippen LogP contribution in [0.25, 0.3) is 22.3 Å². The molecule has 0 spiro atoms. The van der Waals surface area contributed by atoms with E-state index in [0.29, 0.717) is 64.7 Å². The fraction of sp³-hybridized carbons (Fsp3) is 0.412. The van der Waals surface area contributed by atoms with Crippen molar-refractivity contribution in [1.82, 2.24) is 54.4 Å². The molecule has 134 heavy (non-hydrogen) atoms. The lowest BCUT2D eigenvalue weighted by Gasteiger charge is -2.35. The van der Waals surface area contributed by atoms with Crippen LogP contribution in [0.1, 0.15) is 178 Å². The van der Waals surface area contributed by atoms with Gasteiger partial charge in [-0.3, -0.25) is 28.5 Å². The first kappa shape index (κ1) is 96.9. The Morgan fingerprint density at radius 3 is 1.06 bits per heavy atom. The maximum Gasteiger partial charge on any atom is 0.240 e. The lowest BCUT2D eigenvalue weighted by Crippen LogP contribution is -2.47. The summed E-state index contributed by atoms with van der Waals surface area (Å²) in [7, 11) is -5.75. The summed E-state index contributed by atoms with van der Waals surface area (Å²) < 4.78 is 144. The number of tetrazole rings is 1. The van der Waals surface area contributed by atoms with Crippen molar-refractivity contribution in [2.45, 2.75) is 138 Å². The third kappa shape index (κ3) is 23.3. The number of piperidine rings is 4. The predicted molar refractivity (Wildman–Crippen MR) is 511 cm³/mol. The number of fused-ring (bicyclic) bond motifs is 8. The molecule has 9 aromatic rings. The number of methoxy groups -OCH3 is 3. The van der Waals surface area contributed by atoms with Gasteiger partial charge in [-0.25, -0.2) is 34.0 Å². The fourth-order valence-corrected chi connectivity index (χ4v) is 21.0. The maximum absolute atomic E-state index is 14.0. The molecule has 27 nitrogen and oxygen atoms in total. The fourth-order valence-electron chi connectivity index (χ4n) is 19.2. The van der Waals surface area contributed by atoms with E-state index in [1.807, 2.05) is 84.9 Å². The number of nitrogens with one attached hydrogen (secondary N) is 4. The van der Waals surface area contributed by atoms with Gasteiger partial charge in [-0.2, -0.15) is 5.21 Å². The molecule has 0 radical (unpaired) electrons. The number of halogens is 2. The molecule has 8 aromatic carbocycles. The Hall–Kier alpha value is -11.7. The molecule has 4 saturated heterocycles. The lowest BCUT2D eigenvalue weighted by atomic mass is 9.85. The average Bonchev–Trinajstić information content (AvgIpc) is 1.49. The number of hydrogen-bond acceptors (Lipinski definition) is 23. The van der Waals surface area contributed by atoms with Crippen LogP contribution in [0.2, 0.25) is 0 Å². The molecule has 8 aliphatic heterocycles. The third-order valence-electron chi connectivity index (χ3n) is 26.3. The molecule has 3 amide bonds. The number of likely N-dealkylation sites (tertiary alicyclic amines) is 4. The number of aromatic amines is 1. The summed E-state index contributed by atoms with van der Waals surface area (Å²) in [5.41, 5.74) is 20.4. The van der Waals surface area contributed by atoms with Gasteiger partial charge in [-0.15, -0.1) is 10.2 Å². The first-order valence-corrected chi connectivity index (χ1v) is 51.0.